The molecule has 152 valence electrons. The Morgan fingerprint density at radius 3 is 2.62 bits per heavy atom. The molecule has 0 aromatic rings. The lowest BCUT2D eigenvalue weighted by atomic mass is 9.77. The van der Waals surface area contributed by atoms with E-state index in [0.717, 1.165) is 57.8 Å². The predicted molar refractivity (Wildman–Crippen MR) is 106 cm³/mol. The van der Waals surface area contributed by atoms with Crippen molar-refractivity contribution < 1.29 is 20.1 Å². The average Bonchev–Trinajstić information content (AvgIpc) is 2.93. The Labute approximate surface area is 159 Å². The first-order valence-corrected chi connectivity index (χ1v) is 10.5. The molecule has 0 unspecified atom stereocenters. The maximum absolute atomic E-state index is 10.6. The maximum atomic E-state index is 10.6. The number of carbonyl (C=O) groups is 1. The van der Waals surface area contributed by atoms with Gasteiger partial charge in [0, 0.05) is 6.42 Å². The highest BCUT2D eigenvalue weighted by Crippen LogP contribution is 2.39. The van der Waals surface area contributed by atoms with Crippen molar-refractivity contribution in [2.45, 2.75) is 104 Å². The molecule has 0 bridgehead atoms. The van der Waals surface area contributed by atoms with Gasteiger partial charge in [-0.3, -0.25) is 4.79 Å². The monoisotopic (exact) mass is 368 g/mol. The summed E-state index contributed by atoms with van der Waals surface area (Å²) in [5.41, 5.74) is -0.0349. The SMILES string of the molecule is CCCCC(C)(C)[C@H](O)CC[C@H]1CC[C@H](O)[C@@H]1CC=CCCCC(=O)O. The summed E-state index contributed by atoms with van der Waals surface area (Å²) in [6.07, 6.45) is 13.2. The molecular formula is C22H40O4. The highest BCUT2D eigenvalue weighted by molar-refractivity contribution is 5.66. The predicted octanol–water partition coefficient (Wildman–Crippen LogP) is 4.93. The molecule has 3 N–H and O–H groups in total. The highest BCUT2D eigenvalue weighted by Gasteiger charge is 2.35. The summed E-state index contributed by atoms with van der Waals surface area (Å²) in [4.78, 5) is 10.5. The van der Waals surface area contributed by atoms with Gasteiger partial charge in [-0.1, -0.05) is 45.8 Å². The molecule has 0 aromatic carbocycles. The van der Waals surface area contributed by atoms with Crippen LogP contribution in [0.15, 0.2) is 12.2 Å². The summed E-state index contributed by atoms with van der Waals surface area (Å²) >= 11 is 0. The molecular weight excluding hydrogens is 328 g/mol. The number of unbranched alkanes of at least 4 members (excludes halogenated alkanes) is 2. The molecule has 1 aliphatic rings. The van der Waals surface area contributed by atoms with Crippen LogP contribution in [0.3, 0.4) is 0 Å². The fourth-order valence-corrected chi connectivity index (χ4v) is 4.14. The zero-order valence-corrected chi connectivity index (χ0v) is 17.0. The van der Waals surface area contributed by atoms with Gasteiger partial charge in [0.05, 0.1) is 12.2 Å². The number of aliphatic carboxylic acids is 1. The summed E-state index contributed by atoms with van der Waals surface area (Å²) < 4.78 is 0. The van der Waals surface area contributed by atoms with Gasteiger partial charge in [0.1, 0.15) is 0 Å². The number of aliphatic hydroxyl groups is 2. The molecule has 1 aliphatic carbocycles. The maximum Gasteiger partial charge on any atom is 0.303 e. The van der Waals surface area contributed by atoms with Crippen LogP contribution in [-0.2, 0) is 4.79 Å². The van der Waals surface area contributed by atoms with E-state index in [4.69, 9.17) is 5.11 Å². The number of allylic oxidation sites excluding steroid dienone is 2. The zero-order chi connectivity index (χ0) is 19.6. The first kappa shape index (κ1) is 23.2. The van der Waals surface area contributed by atoms with Crippen molar-refractivity contribution in [1.29, 1.82) is 0 Å². The van der Waals surface area contributed by atoms with Gasteiger partial charge in [0.2, 0.25) is 0 Å². The van der Waals surface area contributed by atoms with E-state index < -0.39 is 5.97 Å². The molecule has 0 radical (unpaired) electrons. The van der Waals surface area contributed by atoms with E-state index in [2.05, 4.69) is 26.8 Å². The van der Waals surface area contributed by atoms with Crippen LogP contribution in [0.1, 0.15) is 91.4 Å². The second-order valence-corrected chi connectivity index (χ2v) is 8.75. The summed E-state index contributed by atoms with van der Waals surface area (Å²) in [5.74, 6) is 0.00655. The van der Waals surface area contributed by atoms with Gasteiger partial charge in [-0.2, -0.15) is 0 Å². The molecule has 1 fully saturated rings. The summed E-state index contributed by atoms with van der Waals surface area (Å²) in [6, 6.07) is 0. The van der Waals surface area contributed by atoms with Crippen LogP contribution in [0.5, 0.6) is 0 Å². The summed E-state index contributed by atoms with van der Waals surface area (Å²) in [7, 11) is 0. The van der Waals surface area contributed by atoms with Gasteiger partial charge < -0.3 is 15.3 Å². The Balaban J connectivity index is 2.40. The van der Waals surface area contributed by atoms with Crippen molar-refractivity contribution in [3.05, 3.63) is 12.2 Å². The second kappa shape index (κ2) is 11.8. The zero-order valence-electron chi connectivity index (χ0n) is 17.0. The molecule has 0 aliphatic heterocycles. The van der Waals surface area contributed by atoms with Gasteiger partial charge in [-0.15, -0.1) is 0 Å². The third-order valence-electron chi connectivity index (χ3n) is 6.16. The van der Waals surface area contributed by atoms with Crippen LogP contribution in [0, 0.1) is 17.3 Å². The van der Waals surface area contributed by atoms with Crippen molar-refractivity contribution >= 4 is 5.97 Å². The van der Waals surface area contributed by atoms with Crippen molar-refractivity contribution in [2.24, 2.45) is 17.3 Å². The van der Waals surface area contributed by atoms with E-state index in [1.165, 1.54) is 0 Å². The molecule has 0 aromatic heterocycles. The molecule has 0 heterocycles. The van der Waals surface area contributed by atoms with E-state index in [1.807, 2.05) is 6.08 Å². The minimum atomic E-state index is -0.745. The van der Waals surface area contributed by atoms with Gasteiger partial charge in [-0.25, -0.2) is 0 Å². The molecule has 26 heavy (non-hydrogen) atoms. The van der Waals surface area contributed by atoms with Gasteiger partial charge in [0.25, 0.3) is 0 Å². The molecule has 1 rings (SSSR count). The molecule has 0 amide bonds. The van der Waals surface area contributed by atoms with Gasteiger partial charge >= 0.3 is 5.97 Å². The fraction of sp³-hybridized carbons (Fsp3) is 0.864. The van der Waals surface area contributed by atoms with Crippen LogP contribution < -0.4 is 0 Å². The number of carboxylic acid groups (broad SMARTS) is 1. The largest absolute Gasteiger partial charge is 0.481 e. The number of aliphatic hydroxyl groups excluding tert-OH is 2. The molecule has 4 nitrogen and oxygen atoms in total. The lowest BCUT2D eigenvalue weighted by Gasteiger charge is -2.32. The third-order valence-corrected chi connectivity index (χ3v) is 6.16. The van der Waals surface area contributed by atoms with E-state index in [0.29, 0.717) is 12.3 Å². The van der Waals surface area contributed by atoms with E-state index >= 15 is 0 Å². The van der Waals surface area contributed by atoms with Crippen LogP contribution in [0.2, 0.25) is 0 Å². The van der Waals surface area contributed by atoms with Crippen LogP contribution in [0.4, 0.5) is 0 Å². The van der Waals surface area contributed by atoms with Crippen LogP contribution in [0.25, 0.3) is 0 Å². The van der Waals surface area contributed by atoms with Crippen LogP contribution in [-0.4, -0.2) is 33.5 Å². The Morgan fingerprint density at radius 2 is 1.96 bits per heavy atom. The Hall–Kier alpha value is -0.870. The molecule has 4 atom stereocenters. The summed E-state index contributed by atoms with van der Waals surface area (Å²) in [6.45, 7) is 6.50. The Kier molecular flexibility index (Phi) is 10.5. The number of hydrogen-bond acceptors (Lipinski definition) is 3. The highest BCUT2D eigenvalue weighted by atomic mass is 16.4. The lowest BCUT2D eigenvalue weighted by Crippen LogP contribution is -2.30. The topological polar surface area (TPSA) is 77.8 Å². The molecule has 1 saturated carbocycles. The number of carboxylic acids is 1. The Bertz CT molecular complexity index is 430. The van der Waals surface area contributed by atoms with Gasteiger partial charge in [0.15, 0.2) is 0 Å². The average molecular weight is 369 g/mol. The first-order valence-electron chi connectivity index (χ1n) is 10.5. The van der Waals surface area contributed by atoms with E-state index in [-0.39, 0.29) is 30.0 Å². The lowest BCUT2D eigenvalue weighted by molar-refractivity contribution is -0.137. The standard InChI is InChI=1S/C22H40O4/c1-4-5-16-22(2,3)20(24)15-13-17-12-14-19(23)18(17)10-8-6-7-9-11-21(25)26/h6,8,17-20,23-24H,4-5,7,9-16H2,1-3H3,(H,25,26)/t17-,18-,19+,20-/m1/s1. The minimum absolute atomic E-state index is 0.0349. The van der Waals surface area contributed by atoms with Crippen molar-refractivity contribution in [1.82, 2.24) is 0 Å². The second-order valence-electron chi connectivity index (χ2n) is 8.75. The third kappa shape index (κ3) is 8.22. The molecule has 0 spiro atoms. The van der Waals surface area contributed by atoms with Crippen molar-refractivity contribution in [2.75, 3.05) is 0 Å². The summed E-state index contributed by atoms with van der Waals surface area (Å²) in [5, 5.41) is 29.6. The quantitative estimate of drug-likeness (QED) is 0.318. The van der Waals surface area contributed by atoms with Crippen LogP contribution >= 0.6 is 0 Å². The van der Waals surface area contributed by atoms with Crippen molar-refractivity contribution in [3.63, 3.8) is 0 Å². The fourth-order valence-electron chi connectivity index (χ4n) is 4.14. The van der Waals surface area contributed by atoms with E-state index in [9.17, 15) is 15.0 Å². The first-order chi connectivity index (χ1) is 12.3. The van der Waals surface area contributed by atoms with Crippen molar-refractivity contribution in [3.8, 4) is 0 Å². The molecule has 4 heteroatoms. The van der Waals surface area contributed by atoms with E-state index in [1.54, 1.807) is 0 Å². The number of hydrogen-bond donors (Lipinski definition) is 3. The Morgan fingerprint density at radius 1 is 1.23 bits per heavy atom. The smallest absolute Gasteiger partial charge is 0.303 e. The molecule has 0 saturated heterocycles. The van der Waals surface area contributed by atoms with Gasteiger partial charge in [-0.05, 0) is 68.6 Å². The number of rotatable bonds is 13. The normalized spacial score (nSPS) is 25.0. The minimum Gasteiger partial charge on any atom is -0.481 e.